The monoisotopic (exact) mass is 278 g/mol. The topological polar surface area (TPSA) is 24.1 Å². The van der Waals surface area contributed by atoms with Crippen LogP contribution in [0.2, 0.25) is 0 Å². The molecule has 2 N–H and O–H groups in total. The Morgan fingerprint density at radius 2 is 1.87 bits per heavy atom. The molecule has 0 fully saturated rings. The second-order valence-corrected chi connectivity index (χ2v) is 3.96. The molecule has 0 saturated heterocycles. The van der Waals surface area contributed by atoms with E-state index in [1.54, 1.807) is 0 Å². The Kier molecular flexibility index (Phi) is 2.18. The van der Waals surface area contributed by atoms with E-state index in [0.29, 0.717) is 21.7 Å². The number of halogens is 4. The van der Waals surface area contributed by atoms with Crippen LogP contribution in [0.4, 0.5) is 24.5 Å². The lowest BCUT2D eigenvalue weighted by molar-refractivity contribution is -0.137. The van der Waals surface area contributed by atoms with E-state index < -0.39 is 11.7 Å². The molecule has 2 rings (SSSR count). The zero-order chi connectivity index (χ0) is 11.2. The van der Waals surface area contributed by atoms with Gasteiger partial charge >= 0.3 is 6.18 Å². The fraction of sp³-hybridized carbons (Fsp3) is 0.111. The van der Waals surface area contributed by atoms with Gasteiger partial charge in [-0.2, -0.15) is 13.2 Å². The molecule has 6 heteroatoms. The molecule has 15 heavy (non-hydrogen) atoms. The van der Waals surface area contributed by atoms with E-state index in [1.807, 2.05) is 0 Å². The molecule has 0 aromatic heterocycles. The molecule has 0 saturated carbocycles. The Balaban J connectivity index is 2.54. The molecule has 2 nitrogen and oxygen atoms in total. The molecule has 0 atom stereocenters. The molecule has 1 aliphatic heterocycles. The van der Waals surface area contributed by atoms with Crippen molar-refractivity contribution in [1.29, 1.82) is 0 Å². The lowest BCUT2D eigenvalue weighted by Crippen LogP contribution is -2.05. The number of alkyl halides is 3. The van der Waals surface area contributed by atoms with E-state index in [4.69, 9.17) is 0 Å². The van der Waals surface area contributed by atoms with Gasteiger partial charge in [0.1, 0.15) is 5.82 Å². The van der Waals surface area contributed by atoms with Crippen molar-refractivity contribution < 1.29 is 13.2 Å². The van der Waals surface area contributed by atoms with Gasteiger partial charge in [0.2, 0.25) is 0 Å². The van der Waals surface area contributed by atoms with Gasteiger partial charge < -0.3 is 10.6 Å². The standard InChI is InChI=1S/C9H6BrF3N2/c1-4-14-7-3-5(9(11,12)13)2-6(10)8(7)15-4/h2-3,14-15H,1H2. The van der Waals surface area contributed by atoms with Gasteiger partial charge in [-0.05, 0) is 28.1 Å². The Bertz CT molecular complexity index is 440. The summed E-state index contributed by atoms with van der Waals surface area (Å²) in [5.74, 6) is 0.463. The second-order valence-electron chi connectivity index (χ2n) is 3.11. The summed E-state index contributed by atoms with van der Waals surface area (Å²) < 4.78 is 37.7. The summed E-state index contributed by atoms with van der Waals surface area (Å²) in [5.41, 5.74) is 0.256. The van der Waals surface area contributed by atoms with Gasteiger partial charge in [0.15, 0.2) is 0 Å². The van der Waals surface area contributed by atoms with Crippen LogP contribution in [-0.4, -0.2) is 0 Å². The highest BCUT2D eigenvalue weighted by Gasteiger charge is 2.33. The summed E-state index contributed by atoms with van der Waals surface area (Å²) in [7, 11) is 0. The van der Waals surface area contributed by atoms with E-state index >= 15 is 0 Å². The van der Waals surface area contributed by atoms with Gasteiger partial charge in [-0.15, -0.1) is 0 Å². The van der Waals surface area contributed by atoms with Crippen LogP contribution >= 0.6 is 15.9 Å². The van der Waals surface area contributed by atoms with Gasteiger partial charge in [0, 0.05) is 4.47 Å². The predicted molar refractivity (Wildman–Crippen MR) is 55.5 cm³/mol. The van der Waals surface area contributed by atoms with Crippen LogP contribution < -0.4 is 10.6 Å². The third-order valence-electron chi connectivity index (χ3n) is 1.98. The summed E-state index contributed by atoms with van der Waals surface area (Å²) in [4.78, 5) is 0. The molecule has 1 heterocycles. The van der Waals surface area contributed by atoms with Gasteiger partial charge in [-0.3, -0.25) is 0 Å². The van der Waals surface area contributed by atoms with Gasteiger partial charge in [-0.1, -0.05) is 6.58 Å². The lowest BCUT2D eigenvalue weighted by atomic mass is 10.2. The Labute approximate surface area is 92.3 Å². The first-order valence-electron chi connectivity index (χ1n) is 4.01. The van der Waals surface area contributed by atoms with Crippen molar-refractivity contribution in [3.8, 4) is 0 Å². The molecule has 0 spiro atoms. The number of hydrogen-bond acceptors (Lipinski definition) is 2. The van der Waals surface area contributed by atoms with Crippen molar-refractivity contribution in [2.45, 2.75) is 6.18 Å². The fourth-order valence-corrected chi connectivity index (χ4v) is 1.90. The fourth-order valence-electron chi connectivity index (χ4n) is 1.34. The summed E-state index contributed by atoms with van der Waals surface area (Å²) in [6, 6.07) is 2.08. The number of nitrogens with one attached hydrogen (secondary N) is 2. The van der Waals surface area contributed by atoms with E-state index in [1.165, 1.54) is 0 Å². The van der Waals surface area contributed by atoms with Crippen LogP contribution in [0.5, 0.6) is 0 Å². The normalized spacial score (nSPS) is 14.5. The van der Waals surface area contributed by atoms with Crippen molar-refractivity contribution in [1.82, 2.24) is 0 Å². The zero-order valence-corrected chi connectivity index (χ0v) is 8.96. The predicted octanol–water partition coefficient (Wildman–Crippen LogP) is 3.78. The SMILES string of the molecule is C=C1Nc2cc(C(F)(F)F)cc(Br)c2N1. The van der Waals surface area contributed by atoms with E-state index in [2.05, 4.69) is 33.1 Å². The van der Waals surface area contributed by atoms with Crippen LogP contribution in [0.3, 0.4) is 0 Å². The molecular weight excluding hydrogens is 273 g/mol. The summed E-state index contributed by atoms with van der Waals surface area (Å²) in [5, 5.41) is 5.54. The number of rotatable bonds is 0. The molecule has 1 aromatic rings. The molecule has 1 aromatic carbocycles. The van der Waals surface area contributed by atoms with Gasteiger partial charge in [0.25, 0.3) is 0 Å². The highest BCUT2D eigenvalue weighted by atomic mass is 79.9. The molecule has 0 radical (unpaired) electrons. The van der Waals surface area contributed by atoms with Crippen molar-refractivity contribution >= 4 is 27.3 Å². The third kappa shape index (κ3) is 1.81. The van der Waals surface area contributed by atoms with Gasteiger partial charge in [0.05, 0.1) is 16.9 Å². The largest absolute Gasteiger partial charge is 0.416 e. The minimum absolute atomic E-state index is 0.360. The maximum atomic E-state index is 12.4. The Hall–Kier alpha value is -1.17. The minimum atomic E-state index is -4.34. The van der Waals surface area contributed by atoms with Crippen LogP contribution in [-0.2, 0) is 6.18 Å². The smallest absolute Gasteiger partial charge is 0.341 e. The van der Waals surface area contributed by atoms with Crippen molar-refractivity contribution in [2.24, 2.45) is 0 Å². The first kappa shape index (κ1) is 10.4. The number of fused-ring (bicyclic) bond motifs is 1. The molecule has 0 aliphatic carbocycles. The van der Waals surface area contributed by atoms with Crippen LogP contribution in [0, 0.1) is 0 Å². The first-order chi connectivity index (χ1) is 6.88. The summed E-state index contributed by atoms with van der Waals surface area (Å²) >= 11 is 3.07. The van der Waals surface area contributed by atoms with E-state index in [9.17, 15) is 13.2 Å². The average Bonchev–Trinajstić information content (AvgIpc) is 2.44. The number of anilines is 2. The molecule has 0 amide bonds. The van der Waals surface area contributed by atoms with E-state index in [-0.39, 0.29) is 0 Å². The molecular formula is C9H6BrF3N2. The van der Waals surface area contributed by atoms with Crippen molar-refractivity contribution in [3.63, 3.8) is 0 Å². The Morgan fingerprint density at radius 3 is 2.47 bits per heavy atom. The van der Waals surface area contributed by atoms with Gasteiger partial charge in [-0.25, -0.2) is 0 Å². The van der Waals surface area contributed by atoms with Crippen LogP contribution in [0.1, 0.15) is 5.56 Å². The molecule has 80 valence electrons. The summed E-state index contributed by atoms with van der Waals surface area (Å²) in [6.45, 7) is 3.58. The lowest BCUT2D eigenvalue weighted by Gasteiger charge is -2.09. The van der Waals surface area contributed by atoms with E-state index in [0.717, 1.165) is 12.1 Å². The quantitative estimate of drug-likeness (QED) is 0.755. The van der Waals surface area contributed by atoms with Crippen molar-refractivity contribution in [3.05, 3.63) is 34.6 Å². The Morgan fingerprint density at radius 1 is 1.20 bits per heavy atom. The molecule has 0 bridgehead atoms. The van der Waals surface area contributed by atoms with Crippen LogP contribution in [0.15, 0.2) is 29.0 Å². The van der Waals surface area contributed by atoms with Crippen molar-refractivity contribution in [2.75, 3.05) is 10.6 Å². The molecule has 0 unspecified atom stereocenters. The minimum Gasteiger partial charge on any atom is -0.341 e. The zero-order valence-electron chi connectivity index (χ0n) is 7.37. The first-order valence-corrected chi connectivity index (χ1v) is 4.81. The third-order valence-corrected chi connectivity index (χ3v) is 2.60. The summed E-state index contributed by atoms with van der Waals surface area (Å²) in [6.07, 6.45) is -4.34. The maximum Gasteiger partial charge on any atom is 0.416 e. The van der Waals surface area contributed by atoms with Crippen LogP contribution in [0.25, 0.3) is 0 Å². The molecule has 1 aliphatic rings. The highest BCUT2D eigenvalue weighted by Crippen LogP contribution is 2.42. The second kappa shape index (κ2) is 3.16. The number of benzene rings is 1. The highest BCUT2D eigenvalue weighted by molar-refractivity contribution is 9.10. The average molecular weight is 279 g/mol. The maximum absolute atomic E-state index is 12.4. The number of hydrogen-bond donors (Lipinski definition) is 2.